The summed E-state index contributed by atoms with van der Waals surface area (Å²) in [5, 5.41) is 3.57. The van der Waals surface area contributed by atoms with Crippen LogP contribution in [0.3, 0.4) is 0 Å². The Labute approximate surface area is 158 Å². The largest absolute Gasteiger partial charge is 0.497 e. The number of aromatic amines is 1. The van der Waals surface area contributed by atoms with Crippen LogP contribution < -0.4 is 14.8 Å². The molecule has 28 heavy (non-hydrogen) atoms. The molecule has 3 rings (SSSR count). The molecule has 1 amide bonds. The zero-order valence-electron chi connectivity index (χ0n) is 15.1. The van der Waals surface area contributed by atoms with Crippen LogP contribution in [0.1, 0.15) is 29.0 Å². The number of benzene rings is 1. The predicted molar refractivity (Wildman–Crippen MR) is 96.5 cm³/mol. The molecule has 2 N–H and O–H groups in total. The van der Waals surface area contributed by atoms with Gasteiger partial charge in [0.2, 0.25) is 0 Å². The van der Waals surface area contributed by atoms with E-state index >= 15 is 0 Å². The molecule has 0 spiro atoms. The molecule has 1 atom stereocenters. The highest BCUT2D eigenvalue weighted by atomic mass is 19.4. The highest BCUT2D eigenvalue weighted by molar-refractivity contribution is 6.07. The van der Waals surface area contributed by atoms with Gasteiger partial charge in [-0.25, -0.2) is 0 Å². The Morgan fingerprint density at radius 2 is 2.00 bits per heavy atom. The van der Waals surface area contributed by atoms with Gasteiger partial charge in [0.25, 0.3) is 5.91 Å². The Morgan fingerprint density at radius 3 is 2.64 bits per heavy atom. The number of nitrogens with zero attached hydrogens (tertiary/aromatic N) is 1. The lowest BCUT2D eigenvalue weighted by atomic mass is 10.1. The van der Waals surface area contributed by atoms with E-state index in [1.54, 1.807) is 38.4 Å². The predicted octanol–water partition coefficient (Wildman–Crippen LogP) is 4.00. The Bertz CT molecular complexity index is 968. The van der Waals surface area contributed by atoms with E-state index in [4.69, 9.17) is 4.74 Å². The number of methoxy groups -OCH3 is 1. The number of rotatable bonds is 6. The second-order valence-corrected chi connectivity index (χ2v) is 6.13. The van der Waals surface area contributed by atoms with Crippen molar-refractivity contribution >= 4 is 16.8 Å². The molecule has 0 radical (unpaired) electrons. The summed E-state index contributed by atoms with van der Waals surface area (Å²) in [5.41, 5.74) is 1.73. The fourth-order valence-electron chi connectivity index (χ4n) is 2.67. The van der Waals surface area contributed by atoms with E-state index in [2.05, 4.69) is 20.0 Å². The average molecular weight is 393 g/mol. The number of aromatic nitrogens is 2. The van der Waals surface area contributed by atoms with Gasteiger partial charge < -0.3 is 19.8 Å². The van der Waals surface area contributed by atoms with Crippen molar-refractivity contribution < 1.29 is 27.4 Å². The molecule has 6 nitrogen and oxygen atoms in total. The van der Waals surface area contributed by atoms with Crippen LogP contribution in [-0.4, -0.2) is 35.8 Å². The van der Waals surface area contributed by atoms with Crippen LogP contribution in [0.2, 0.25) is 0 Å². The first kappa shape index (κ1) is 19.5. The van der Waals surface area contributed by atoms with Gasteiger partial charge in [0, 0.05) is 23.2 Å². The van der Waals surface area contributed by atoms with E-state index in [0.29, 0.717) is 17.0 Å². The number of hydrogen-bond acceptors (Lipinski definition) is 4. The van der Waals surface area contributed by atoms with Gasteiger partial charge in [-0.2, -0.15) is 13.2 Å². The molecule has 9 heteroatoms. The molecule has 1 unspecified atom stereocenters. The van der Waals surface area contributed by atoms with Crippen molar-refractivity contribution in [1.82, 2.24) is 15.3 Å². The zero-order valence-corrected chi connectivity index (χ0v) is 15.1. The van der Waals surface area contributed by atoms with E-state index in [9.17, 15) is 18.0 Å². The van der Waals surface area contributed by atoms with E-state index in [1.807, 2.05) is 0 Å². The summed E-state index contributed by atoms with van der Waals surface area (Å²) < 4.78 is 46.3. The average Bonchev–Trinajstić information content (AvgIpc) is 3.09. The molecule has 0 saturated carbocycles. The molecule has 2 heterocycles. The van der Waals surface area contributed by atoms with E-state index in [-0.39, 0.29) is 11.7 Å². The normalized spacial score (nSPS) is 12.6. The molecule has 148 valence electrons. The van der Waals surface area contributed by atoms with E-state index in [0.717, 1.165) is 10.9 Å². The maximum atomic E-state index is 12.6. The van der Waals surface area contributed by atoms with Crippen molar-refractivity contribution in [2.45, 2.75) is 19.1 Å². The van der Waals surface area contributed by atoms with Crippen LogP contribution in [-0.2, 0) is 0 Å². The van der Waals surface area contributed by atoms with Gasteiger partial charge in [-0.3, -0.25) is 9.78 Å². The molecule has 1 aromatic carbocycles. The summed E-state index contributed by atoms with van der Waals surface area (Å²) >= 11 is 0. The second-order valence-electron chi connectivity index (χ2n) is 6.13. The Balaban J connectivity index is 1.67. The van der Waals surface area contributed by atoms with Crippen molar-refractivity contribution in [3.8, 4) is 11.5 Å². The third-order valence-corrected chi connectivity index (χ3v) is 4.09. The summed E-state index contributed by atoms with van der Waals surface area (Å²) in [7, 11) is 1.56. The molecule has 0 aliphatic carbocycles. The number of H-pyrrole nitrogens is 1. The molecular formula is C19H18F3N3O3. The summed E-state index contributed by atoms with van der Waals surface area (Å²) in [6.07, 6.45) is -1.61. The van der Waals surface area contributed by atoms with Crippen molar-refractivity contribution in [3.05, 3.63) is 54.0 Å². The van der Waals surface area contributed by atoms with Crippen molar-refractivity contribution in [3.63, 3.8) is 0 Å². The van der Waals surface area contributed by atoms with Crippen molar-refractivity contribution in [1.29, 1.82) is 0 Å². The van der Waals surface area contributed by atoms with E-state index in [1.165, 1.54) is 18.3 Å². The molecule has 0 bridgehead atoms. The molecule has 2 aromatic heterocycles. The lowest BCUT2D eigenvalue weighted by Gasteiger charge is -2.14. The minimum atomic E-state index is -4.41. The highest BCUT2D eigenvalue weighted by Crippen LogP contribution is 2.24. The number of ether oxygens (including phenoxy) is 2. The lowest BCUT2D eigenvalue weighted by Crippen LogP contribution is -2.27. The van der Waals surface area contributed by atoms with Crippen LogP contribution in [0, 0.1) is 0 Å². The van der Waals surface area contributed by atoms with Crippen LogP contribution >= 0.6 is 0 Å². The standard InChI is InChI=1S/C19H18F3N3O3/c1-11(16-6-4-13(8-23-16)28-10-19(20,21)22)25-18(26)15-9-24-17-7-12(27-2)3-5-14(15)17/h3-9,11,24H,10H2,1-2H3,(H,25,26). The van der Waals surface area contributed by atoms with Gasteiger partial charge in [0.15, 0.2) is 6.61 Å². The number of carbonyl (C=O) groups excluding carboxylic acids is 1. The number of fused-ring (bicyclic) bond motifs is 1. The number of nitrogens with one attached hydrogen (secondary N) is 2. The molecule has 0 fully saturated rings. The third-order valence-electron chi connectivity index (χ3n) is 4.09. The molecular weight excluding hydrogens is 375 g/mol. The van der Waals surface area contributed by atoms with Crippen LogP contribution in [0.15, 0.2) is 42.7 Å². The van der Waals surface area contributed by atoms with Gasteiger partial charge in [-0.15, -0.1) is 0 Å². The monoisotopic (exact) mass is 393 g/mol. The SMILES string of the molecule is COc1ccc2c(C(=O)NC(C)c3ccc(OCC(F)(F)F)cn3)c[nH]c2c1. The quantitative estimate of drug-likeness (QED) is 0.664. The third kappa shape index (κ3) is 4.54. The van der Waals surface area contributed by atoms with Crippen LogP contribution in [0.4, 0.5) is 13.2 Å². The first-order valence-corrected chi connectivity index (χ1v) is 8.38. The van der Waals surface area contributed by atoms with Crippen molar-refractivity contribution in [2.75, 3.05) is 13.7 Å². The Morgan fingerprint density at radius 1 is 1.25 bits per heavy atom. The van der Waals surface area contributed by atoms with Gasteiger partial charge in [0.1, 0.15) is 11.5 Å². The van der Waals surface area contributed by atoms with Gasteiger partial charge in [-0.05, 0) is 31.2 Å². The number of pyridine rings is 1. The summed E-state index contributed by atoms with van der Waals surface area (Å²) in [6.45, 7) is 0.347. The maximum Gasteiger partial charge on any atom is 0.422 e. The zero-order chi connectivity index (χ0) is 20.3. The number of amides is 1. The molecule has 0 aliphatic heterocycles. The number of hydrogen-bond donors (Lipinski definition) is 2. The molecule has 0 aliphatic rings. The number of halogens is 3. The van der Waals surface area contributed by atoms with Crippen LogP contribution in [0.25, 0.3) is 10.9 Å². The number of carbonyl (C=O) groups is 1. The smallest absolute Gasteiger partial charge is 0.422 e. The Kier molecular flexibility index (Phi) is 5.43. The summed E-state index contributed by atoms with van der Waals surface area (Å²) in [6, 6.07) is 7.78. The molecule has 3 aromatic rings. The van der Waals surface area contributed by atoms with Crippen LogP contribution in [0.5, 0.6) is 11.5 Å². The van der Waals surface area contributed by atoms with Gasteiger partial charge >= 0.3 is 6.18 Å². The molecule has 0 saturated heterocycles. The topological polar surface area (TPSA) is 76.2 Å². The van der Waals surface area contributed by atoms with Gasteiger partial charge in [-0.1, -0.05) is 0 Å². The first-order valence-electron chi connectivity index (χ1n) is 8.38. The fraction of sp³-hybridized carbons (Fsp3) is 0.263. The second kappa shape index (κ2) is 7.79. The highest BCUT2D eigenvalue weighted by Gasteiger charge is 2.28. The van der Waals surface area contributed by atoms with E-state index < -0.39 is 18.8 Å². The summed E-state index contributed by atoms with van der Waals surface area (Å²) in [4.78, 5) is 19.7. The number of alkyl halides is 3. The minimum absolute atomic E-state index is 0.00479. The Hall–Kier alpha value is -3.23. The summed E-state index contributed by atoms with van der Waals surface area (Å²) in [5.74, 6) is 0.375. The minimum Gasteiger partial charge on any atom is -0.497 e. The first-order chi connectivity index (χ1) is 13.3. The van der Waals surface area contributed by atoms with Crippen molar-refractivity contribution in [2.24, 2.45) is 0 Å². The lowest BCUT2D eigenvalue weighted by molar-refractivity contribution is -0.153. The maximum absolute atomic E-state index is 12.6. The fourth-order valence-corrected chi connectivity index (χ4v) is 2.67. The van der Waals surface area contributed by atoms with Gasteiger partial charge in [0.05, 0.1) is 30.6 Å².